The Hall–Kier alpha value is 1.99. The Morgan fingerprint density at radius 1 is 0.366 bits per heavy atom. The molecule has 0 aromatic heterocycles. The molecule has 0 aromatic rings. The Kier molecular flexibility index (Phi) is 56.4. The molecule has 5 heteroatoms. The van der Waals surface area contributed by atoms with E-state index >= 15 is 0 Å². The minimum Gasteiger partial charge on any atom is -0.396 e. The molecule has 0 aliphatic heterocycles. The minimum absolute atomic E-state index is 0. The van der Waals surface area contributed by atoms with Crippen LogP contribution < -0.4 is 0 Å². The third kappa shape index (κ3) is 44.2. The van der Waals surface area contributed by atoms with Crippen molar-refractivity contribution < 1.29 is 42.2 Å². The van der Waals surface area contributed by atoms with Crippen LogP contribution in [0.3, 0.4) is 0 Å². The van der Waals surface area contributed by atoms with E-state index in [4.69, 9.17) is 5.11 Å². The first kappa shape index (κ1) is 49.9. The molecule has 4 unspecified atom stereocenters. The van der Waals surface area contributed by atoms with Gasteiger partial charge in [-0.3, -0.25) is 0 Å². The van der Waals surface area contributed by atoms with Crippen molar-refractivity contribution in [2.75, 3.05) is 31.3 Å². The van der Waals surface area contributed by atoms with Gasteiger partial charge in [0.1, 0.15) is 0 Å². The molecule has 0 amide bonds. The molecule has 0 heterocycles. The maximum Gasteiger partial charge on any atom is 0.0431 e. The Labute approximate surface area is 289 Å². The van der Waals surface area contributed by atoms with Crippen molar-refractivity contribution in [2.24, 2.45) is 11.8 Å². The second kappa shape index (κ2) is 46.4. The van der Waals surface area contributed by atoms with Crippen LogP contribution >= 0.6 is 17.2 Å². The van der Waals surface area contributed by atoms with Gasteiger partial charge in [0.15, 0.2) is 0 Å². The molecular formula is C36H78OP2V2. The third-order valence-electron chi connectivity index (χ3n) is 8.27. The van der Waals surface area contributed by atoms with Crippen LogP contribution in [-0.4, -0.2) is 36.4 Å². The van der Waals surface area contributed by atoms with Gasteiger partial charge < -0.3 is 5.11 Å². The Morgan fingerprint density at radius 3 is 1.12 bits per heavy atom. The van der Waals surface area contributed by atoms with Crippen molar-refractivity contribution in [1.29, 1.82) is 0 Å². The van der Waals surface area contributed by atoms with Gasteiger partial charge in [0.25, 0.3) is 0 Å². The largest absolute Gasteiger partial charge is 0.396 e. The summed E-state index contributed by atoms with van der Waals surface area (Å²) in [5.74, 6) is 1.94. The first-order valence-electron chi connectivity index (χ1n) is 18.2. The third-order valence-corrected chi connectivity index (χ3v) is 11.0. The van der Waals surface area contributed by atoms with E-state index in [1.807, 2.05) is 0 Å². The zero-order valence-electron chi connectivity index (χ0n) is 29.0. The van der Waals surface area contributed by atoms with Crippen LogP contribution in [0.2, 0.25) is 0 Å². The van der Waals surface area contributed by atoms with Gasteiger partial charge in [0.2, 0.25) is 0 Å². The van der Waals surface area contributed by atoms with Gasteiger partial charge in [-0.1, -0.05) is 150 Å². The number of aliphatic hydroxyl groups excluding tert-OH is 1. The molecule has 0 aromatic carbocycles. The number of hydrogen-bond acceptors (Lipinski definition) is 1. The first-order valence-corrected chi connectivity index (χ1v) is 21.0. The standard InChI is InChI=1S/C18H39OP.C18H39P.2V/c1-3-5-7-8-10-16-20-17-14-18(13-11-15-19)12-9-6-4-2;1-4-7-9-10-12-16-19-17-15-18(13-6-3)14-11-8-5-2;;/h18-20H,3-17H2,1-2H3;18-19H,4-17H2,1-3H3;;. The zero-order chi connectivity index (χ0) is 29.1. The fourth-order valence-electron chi connectivity index (χ4n) is 5.59. The summed E-state index contributed by atoms with van der Waals surface area (Å²) in [6.45, 7) is 11.9. The van der Waals surface area contributed by atoms with E-state index in [0.717, 1.165) is 18.3 Å². The van der Waals surface area contributed by atoms with Crippen molar-refractivity contribution in [3.63, 3.8) is 0 Å². The fourth-order valence-corrected chi connectivity index (χ4v) is 8.31. The summed E-state index contributed by atoms with van der Waals surface area (Å²) in [5.41, 5.74) is 0. The Morgan fingerprint density at radius 2 is 0.732 bits per heavy atom. The average Bonchev–Trinajstić information content (AvgIpc) is 2.94. The zero-order valence-corrected chi connectivity index (χ0v) is 33.8. The molecule has 4 atom stereocenters. The van der Waals surface area contributed by atoms with Gasteiger partial charge in [0.05, 0.1) is 0 Å². The van der Waals surface area contributed by atoms with Crippen LogP contribution in [0.15, 0.2) is 0 Å². The van der Waals surface area contributed by atoms with Gasteiger partial charge in [0, 0.05) is 43.7 Å². The van der Waals surface area contributed by atoms with Gasteiger partial charge in [-0.05, 0) is 75.0 Å². The van der Waals surface area contributed by atoms with E-state index in [-0.39, 0.29) is 37.1 Å². The molecule has 0 fully saturated rings. The smallest absolute Gasteiger partial charge is 0.0431 e. The second-order valence-electron chi connectivity index (χ2n) is 12.3. The van der Waals surface area contributed by atoms with Gasteiger partial charge >= 0.3 is 0 Å². The minimum atomic E-state index is 0. The molecule has 41 heavy (non-hydrogen) atoms. The van der Waals surface area contributed by atoms with Gasteiger partial charge in [-0.25, -0.2) is 0 Å². The van der Waals surface area contributed by atoms with Crippen molar-refractivity contribution >= 4 is 17.2 Å². The van der Waals surface area contributed by atoms with E-state index in [9.17, 15) is 0 Å². The summed E-state index contributed by atoms with van der Waals surface area (Å²) in [6, 6.07) is 0. The topological polar surface area (TPSA) is 20.2 Å². The molecule has 0 spiro atoms. The summed E-state index contributed by atoms with van der Waals surface area (Å²) in [4.78, 5) is 0. The Bertz CT molecular complexity index is 415. The molecule has 248 valence electrons. The summed E-state index contributed by atoms with van der Waals surface area (Å²) in [5, 5.41) is 9.00. The van der Waals surface area contributed by atoms with Crippen LogP contribution in [-0.2, 0) is 37.1 Å². The van der Waals surface area contributed by atoms with E-state index in [0.29, 0.717) is 6.61 Å². The second-order valence-corrected chi connectivity index (χ2v) is 15.3. The van der Waals surface area contributed by atoms with Crippen molar-refractivity contribution in [2.45, 2.75) is 189 Å². The van der Waals surface area contributed by atoms with Crippen LogP contribution in [0.25, 0.3) is 0 Å². The van der Waals surface area contributed by atoms with E-state index in [2.05, 4.69) is 34.6 Å². The monoisotopic (exact) mass is 690 g/mol. The van der Waals surface area contributed by atoms with Crippen LogP contribution in [0, 0.1) is 11.8 Å². The van der Waals surface area contributed by atoms with Gasteiger partial charge in [-0.15, -0.1) is 17.2 Å². The SMILES string of the molecule is CCCCCCCPCCC(CCC)CCCCC.CCCCCCCPCCC(CCCO)CCCCC.[V].[V]. The molecule has 0 rings (SSSR count). The van der Waals surface area contributed by atoms with E-state index in [1.165, 1.54) is 189 Å². The number of aliphatic hydroxyl groups is 1. The molecule has 0 saturated heterocycles. The van der Waals surface area contributed by atoms with Gasteiger partial charge in [-0.2, -0.15) is 0 Å². The summed E-state index contributed by atoms with van der Waals surface area (Å²) in [7, 11) is 2.43. The molecule has 2 radical (unpaired) electrons. The van der Waals surface area contributed by atoms with Crippen molar-refractivity contribution in [3.8, 4) is 0 Å². The molecule has 0 bridgehead atoms. The molecule has 0 aliphatic carbocycles. The molecule has 1 nitrogen and oxygen atoms in total. The summed E-state index contributed by atoms with van der Waals surface area (Å²) < 4.78 is 0. The number of hydrogen-bond donors (Lipinski definition) is 1. The summed E-state index contributed by atoms with van der Waals surface area (Å²) >= 11 is 0. The van der Waals surface area contributed by atoms with E-state index < -0.39 is 0 Å². The van der Waals surface area contributed by atoms with Crippen molar-refractivity contribution in [1.82, 2.24) is 0 Å². The average molecular weight is 691 g/mol. The molecule has 1 N–H and O–H groups in total. The molecule has 0 saturated carbocycles. The predicted octanol–water partition coefficient (Wildman–Crippen LogP) is 13.0. The normalized spacial score (nSPS) is 12.7. The number of rotatable bonds is 31. The number of unbranched alkanes of at least 4 members (excludes halogenated alkanes) is 12. The summed E-state index contributed by atoms with van der Waals surface area (Å²) in [6.07, 6.45) is 39.7. The fraction of sp³-hybridized carbons (Fsp3) is 1.00. The van der Waals surface area contributed by atoms with E-state index in [1.54, 1.807) is 0 Å². The quantitative estimate of drug-likeness (QED) is 0.0567. The van der Waals surface area contributed by atoms with Crippen molar-refractivity contribution in [3.05, 3.63) is 0 Å². The van der Waals surface area contributed by atoms with Crippen LogP contribution in [0.1, 0.15) is 189 Å². The Balaban J connectivity index is -0.000000319. The predicted molar refractivity (Wildman–Crippen MR) is 189 cm³/mol. The first-order chi connectivity index (χ1) is 19.2. The molecule has 0 aliphatic rings. The maximum absolute atomic E-state index is 9.00. The van der Waals surface area contributed by atoms with Crippen LogP contribution in [0.5, 0.6) is 0 Å². The maximum atomic E-state index is 9.00. The molecular weight excluding hydrogens is 612 g/mol. The van der Waals surface area contributed by atoms with Crippen LogP contribution in [0.4, 0.5) is 0 Å².